The lowest BCUT2D eigenvalue weighted by Gasteiger charge is -2.28. The van der Waals surface area contributed by atoms with E-state index >= 15 is 0 Å². The highest BCUT2D eigenvalue weighted by molar-refractivity contribution is 7.11. The van der Waals surface area contributed by atoms with Gasteiger partial charge in [0, 0.05) is 9.75 Å². The van der Waals surface area contributed by atoms with Crippen LogP contribution in [-0.2, 0) is 22.6 Å². The molecule has 2 aromatic heterocycles. The number of carbonyl (C=O) groups excluding carboxylic acids is 1. The van der Waals surface area contributed by atoms with Gasteiger partial charge in [0.05, 0.1) is 25.5 Å². The van der Waals surface area contributed by atoms with Crippen LogP contribution in [0.3, 0.4) is 0 Å². The van der Waals surface area contributed by atoms with Crippen molar-refractivity contribution < 1.29 is 13.9 Å². The number of furan rings is 1. The van der Waals surface area contributed by atoms with Crippen LogP contribution in [0.15, 0.2) is 34.9 Å². The van der Waals surface area contributed by atoms with E-state index in [4.69, 9.17) is 9.15 Å². The average Bonchev–Trinajstić information content (AvgIpc) is 3.24. The van der Waals surface area contributed by atoms with E-state index in [0.29, 0.717) is 19.0 Å². The van der Waals surface area contributed by atoms with E-state index in [2.05, 4.69) is 26.0 Å². The van der Waals surface area contributed by atoms with Gasteiger partial charge in [-0.1, -0.05) is 19.8 Å². The van der Waals surface area contributed by atoms with Gasteiger partial charge in [-0.25, -0.2) is 0 Å². The summed E-state index contributed by atoms with van der Waals surface area (Å²) >= 11 is 1.73. The van der Waals surface area contributed by atoms with Crippen molar-refractivity contribution in [3.8, 4) is 0 Å². The highest BCUT2D eigenvalue weighted by Crippen LogP contribution is 2.26. The Labute approximate surface area is 153 Å². The molecule has 0 bridgehead atoms. The van der Waals surface area contributed by atoms with Gasteiger partial charge in [0.2, 0.25) is 5.91 Å². The van der Waals surface area contributed by atoms with Gasteiger partial charge in [-0.3, -0.25) is 4.79 Å². The number of aryl methyl sites for hydroxylation is 1. The Morgan fingerprint density at radius 3 is 2.88 bits per heavy atom. The molecule has 1 saturated carbocycles. The first-order chi connectivity index (χ1) is 12.1. The fraction of sp³-hybridized carbons (Fsp3) is 0.550. The summed E-state index contributed by atoms with van der Waals surface area (Å²) in [5.41, 5.74) is 0. The Balaban J connectivity index is 1.59. The SMILES string of the molecule is Cc1ccc(CN(Cc2ccco2)C(=O)COC2CCCC(C)C2)s1. The quantitative estimate of drug-likeness (QED) is 0.713. The lowest BCUT2D eigenvalue weighted by Crippen LogP contribution is -2.35. The summed E-state index contributed by atoms with van der Waals surface area (Å²) in [5, 5.41) is 0. The van der Waals surface area contributed by atoms with E-state index in [1.165, 1.54) is 22.6 Å². The minimum Gasteiger partial charge on any atom is -0.467 e. The molecule has 4 nitrogen and oxygen atoms in total. The molecule has 0 radical (unpaired) electrons. The largest absolute Gasteiger partial charge is 0.467 e. The van der Waals surface area contributed by atoms with Crippen LogP contribution in [0.5, 0.6) is 0 Å². The fourth-order valence-corrected chi connectivity index (χ4v) is 4.30. The van der Waals surface area contributed by atoms with Crippen molar-refractivity contribution in [3.63, 3.8) is 0 Å². The van der Waals surface area contributed by atoms with Crippen molar-refractivity contribution in [2.75, 3.05) is 6.61 Å². The second-order valence-electron chi connectivity index (χ2n) is 7.05. The molecular weight excluding hydrogens is 334 g/mol. The molecule has 0 spiro atoms. The maximum atomic E-state index is 12.8. The van der Waals surface area contributed by atoms with Crippen LogP contribution in [0, 0.1) is 12.8 Å². The van der Waals surface area contributed by atoms with Gasteiger partial charge in [0.1, 0.15) is 12.4 Å². The van der Waals surface area contributed by atoms with Gasteiger partial charge in [-0.15, -0.1) is 11.3 Å². The zero-order valence-corrected chi connectivity index (χ0v) is 15.9. The smallest absolute Gasteiger partial charge is 0.249 e. The summed E-state index contributed by atoms with van der Waals surface area (Å²) in [6, 6.07) is 7.94. The van der Waals surface area contributed by atoms with Gasteiger partial charge in [-0.2, -0.15) is 0 Å². The van der Waals surface area contributed by atoms with Gasteiger partial charge < -0.3 is 14.1 Å². The molecule has 2 atom stereocenters. The van der Waals surface area contributed by atoms with E-state index in [-0.39, 0.29) is 18.6 Å². The van der Waals surface area contributed by atoms with Crippen molar-refractivity contribution in [2.24, 2.45) is 5.92 Å². The minimum atomic E-state index is 0.0284. The Hall–Kier alpha value is -1.59. The standard InChI is InChI=1S/C20H27NO3S/c1-15-5-3-6-17(11-15)24-14-20(22)21(12-18-7-4-10-23-18)13-19-9-8-16(2)25-19/h4,7-10,15,17H,3,5-6,11-14H2,1-2H3. The van der Waals surface area contributed by atoms with Gasteiger partial charge in [-0.05, 0) is 49.9 Å². The van der Waals surface area contributed by atoms with Crippen molar-refractivity contribution in [2.45, 2.75) is 58.7 Å². The fourth-order valence-electron chi connectivity index (χ4n) is 3.39. The molecule has 1 fully saturated rings. The first kappa shape index (κ1) is 18.2. The maximum Gasteiger partial charge on any atom is 0.249 e. The molecule has 25 heavy (non-hydrogen) atoms. The van der Waals surface area contributed by atoms with Crippen LogP contribution >= 0.6 is 11.3 Å². The molecule has 2 heterocycles. The lowest BCUT2D eigenvalue weighted by molar-refractivity contribution is -0.140. The predicted molar refractivity (Wildman–Crippen MR) is 99.4 cm³/mol. The van der Waals surface area contributed by atoms with Crippen molar-refractivity contribution in [3.05, 3.63) is 46.0 Å². The molecule has 3 rings (SSSR count). The minimum absolute atomic E-state index is 0.0284. The van der Waals surface area contributed by atoms with Crippen molar-refractivity contribution in [1.82, 2.24) is 4.90 Å². The zero-order valence-electron chi connectivity index (χ0n) is 15.1. The molecule has 0 aromatic carbocycles. The Morgan fingerprint density at radius 2 is 2.20 bits per heavy atom. The Morgan fingerprint density at radius 1 is 1.32 bits per heavy atom. The third kappa shape index (κ3) is 5.44. The van der Waals surface area contributed by atoms with E-state index in [1.807, 2.05) is 17.0 Å². The molecule has 1 aliphatic rings. The monoisotopic (exact) mass is 361 g/mol. The molecule has 136 valence electrons. The summed E-state index contributed by atoms with van der Waals surface area (Å²) in [6.07, 6.45) is 6.48. The van der Waals surface area contributed by atoms with E-state index in [9.17, 15) is 4.79 Å². The molecule has 2 aromatic rings. The van der Waals surface area contributed by atoms with Crippen LogP contribution < -0.4 is 0 Å². The Bertz CT molecular complexity index is 664. The van der Waals surface area contributed by atoms with E-state index in [0.717, 1.165) is 18.6 Å². The summed E-state index contributed by atoms with van der Waals surface area (Å²) in [4.78, 5) is 17.0. The van der Waals surface area contributed by atoms with Gasteiger partial charge in [0.25, 0.3) is 0 Å². The van der Waals surface area contributed by atoms with Crippen LogP contribution in [0.4, 0.5) is 0 Å². The Kier molecular flexibility index (Phi) is 6.32. The molecule has 0 aliphatic heterocycles. The second-order valence-corrected chi connectivity index (χ2v) is 8.42. The molecule has 0 N–H and O–H groups in total. The topological polar surface area (TPSA) is 42.7 Å². The third-order valence-electron chi connectivity index (χ3n) is 4.75. The number of amides is 1. The summed E-state index contributed by atoms with van der Waals surface area (Å²) in [7, 11) is 0. The number of rotatable bonds is 7. The number of ether oxygens (including phenoxy) is 1. The average molecular weight is 362 g/mol. The number of thiophene rings is 1. The molecule has 2 unspecified atom stereocenters. The molecule has 1 aliphatic carbocycles. The predicted octanol–water partition coefficient (Wildman–Crippen LogP) is 4.77. The van der Waals surface area contributed by atoms with Crippen molar-refractivity contribution in [1.29, 1.82) is 0 Å². The lowest BCUT2D eigenvalue weighted by atomic mass is 9.89. The highest BCUT2D eigenvalue weighted by Gasteiger charge is 2.22. The van der Waals surface area contributed by atoms with E-state index in [1.54, 1.807) is 17.6 Å². The number of nitrogens with zero attached hydrogens (tertiary/aromatic N) is 1. The normalized spacial score (nSPS) is 20.6. The number of hydrogen-bond donors (Lipinski definition) is 0. The van der Waals surface area contributed by atoms with Crippen LogP contribution in [0.2, 0.25) is 0 Å². The highest BCUT2D eigenvalue weighted by atomic mass is 32.1. The summed E-state index contributed by atoms with van der Waals surface area (Å²) in [6.45, 7) is 5.58. The molecule has 5 heteroatoms. The summed E-state index contributed by atoms with van der Waals surface area (Å²) < 4.78 is 11.4. The number of hydrogen-bond acceptors (Lipinski definition) is 4. The van der Waals surface area contributed by atoms with Crippen LogP contribution in [-0.4, -0.2) is 23.5 Å². The first-order valence-electron chi connectivity index (χ1n) is 9.07. The first-order valence-corrected chi connectivity index (χ1v) is 9.89. The molecule has 0 saturated heterocycles. The molecule has 1 amide bonds. The van der Waals surface area contributed by atoms with Crippen molar-refractivity contribution >= 4 is 17.2 Å². The van der Waals surface area contributed by atoms with Crippen LogP contribution in [0.1, 0.15) is 48.1 Å². The zero-order chi connectivity index (χ0) is 17.6. The van der Waals surface area contributed by atoms with Gasteiger partial charge >= 0.3 is 0 Å². The molecular formula is C20H27NO3S. The van der Waals surface area contributed by atoms with Crippen LogP contribution in [0.25, 0.3) is 0 Å². The second kappa shape index (κ2) is 8.68. The third-order valence-corrected chi connectivity index (χ3v) is 5.74. The maximum absolute atomic E-state index is 12.8. The van der Waals surface area contributed by atoms with Gasteiger partial charge in [0.15, 0.2) is 0 Å². The van der Waals surface area contributed by atoms with E-state index < -0.39 is 0 Å². The summed E-state index contributed by atoms with van der Waals surface area (Å²) in [5.74, 6) is 1.52. The number of carbonyl (C=O) groups is 1.